The normalized spacial score (nSPS) is 26.3. The number of hydrogen-bond acceptors (Lipinski definition) is 4. The monoisotopic (exact) mass is 379 g/mol. The molecule has 0 unspecified atom stereocenters. The summed E-state index contributed by atoms with van der Waals surface area (Å²) in [6.45, 7) is 12.3. The molecule has 2 fully saturated rings. The van der Waals surface area contributed by atoms with E-state index in [1.54, 1.807) is 0 Å². The number of carbonyl (C=O) groups is 2. The van der Waals surface area contributed by atoms with E-state index in [0.29, 0.717) is 36.0 Å². The van der Waals surface area contributed by atoms with Gasteiger partial charge in [0, 0.05) is 51.5 Å². The minimum atomic E-state index is 0.296. The highest BCUT2D eigenvalue weighted by molar-refractivity contribution is 5.79. The number of ketones is 1. The van der Waals surface area contributed by atoms with Crippen molar-refractivity contribution in [3.05, 3.63) is 0 Å². The van der Waals surface area contributed by atoms with Crippen molar-refractivity contribution in [1.82, 2.24) is 14.7 Å². The molecule has 156 valence electrons. The highest BCUT2D eigenvalue weighted by Gasteiger charge is 2.39. The fourth-order valence-corrected chi connectivity index (χ4v) is 5.08. The van der Waals surface area contributed by atoms with Crippen LogP contribution in [0.1, 0.15) is 65.7 Å². The van der Waals surface area contributed by atoms with Gasteiger partial charge in [-0.05, 0) is 64.6 Å². The largest absolute Gasteiger partial charge is 0.342 e. The molecule has 2 aliphatic rings. The second kappa shape index (κ2) is 11.2. The average Bonchev–Trinajstić information content (AvgIpc) is 2.62. The van der Waals surface area contributed by atoms with Crippen molar-refractivity contribution in [3.8, 4) is 0 Å². The summed E-state index contributed by atoms with van der Waals surface area (Å²) >= 11 is 0. The number of nitrogens with zero attached hydrogens (tertiary/aromatic N) is 3. The van der Waals surface area contributed by atoms with E-state index in [-0.39, 0.29) is 0 Å². The Hall–Kier alpha value is -0.940. The lowest BCUT2D eigenvalue weighted by Gasteiger charge is -2.47. The van der Waals surface area contributed by atoms with E-state index in [4.69, 9.17) is 0 Å². The van der Waals surface area contributed by atoms with E-state index >= 15 is 0 Å². The Morgan fingerprint density at radius 3 is 2.59 bits per heavy atom. The van der Waals surface area contributed by atoms with Gasteiger partial charge in [0.25, 0.3) is 0 Å². The lowest BCUT2D eigenvalue weighted by Crippen LogP contribution is -2.52. The predicted octanol–water partition coefficient (Wildman–Crippen LogP) is 3.04. The van der Waals surface area contributed by atoms with Crippen LogP contribution in [0.5, 0.6) is 0 Å². The van der Waals surface area contributed by atoms with Crippen LogP contribution in [-0.4, -0.2) is 78.7 Å². The summed E-state index contributed by atoms with van der Waals surface area (Å²) in [4.78, 5) is 31.8. The van der Waals surface area contributed by atoms with Gasteiger partial charge in [-0.15, -0.1) is 0 Å². The number of amides is 1. The van der Waals surface area contributed by atoms with E-state index in [2.05, 4.69) is 37.6 Å². The summed E-state index contributed by atoms with van der Waals surface area (Å²) in [5, 5.41) is 0. The van der Waals surface area contributed by atoms with E-state index < -0.39 is 0 Å². The van der Waals surface area contributed by atoms with Gasteiger partial charge in [0.05, 0.1) is 0 Å². The number of carbonyl (C=O) groups excluding carboxylic acids is 2. The quantitative estimate of drug-likeness (QED) is 0.585. The van der Waals surface area contributed by atoms with Crippen LogP contribution in [0.25, 0.3) is 0 Å². The molecule has 27 heavy (non-hydrogen) atoms. The zero-order chi connectivity index (χ0) is 19.8. The summed E-state index contributed by atoms with van der Waals surface area (Å²) < 4.78 is 0. The Labute approximate surface area is 166 Å². The molecule has 3 atom stereocenters. The molecule has 5 nitrogen and oxygen atoms in total. The number of piperidine rings is 1. The van der Waals surface area contributed by atoms with Crippen molar-refractivity contribution in [2.75, 3.05) is 46.3 Å². The van der Waals surface area contributed by atoms with Crippen LogP contribution in [0, 0.1) is 11.8 Å². The molecule has 0 N–H and O–H groups in total. The van der Waals surface area contributed by atoms with Crippen LogP contribution in [-0.2, 0) is 9.59 Å². The van der Waals surface area contributed by atoms with Crippen LogP contribution in [0.15, 0.2) is 0 Å². The molecule has 1 amide bonds. The van der Waals surface area contributed by atoms with Gasteiger partial charge in [0.15, 0.2) is 0 Å². The molecule has 0 aromatic heterocycles. The zero-order valence-corrected chi connectivity index (χ0v) is 18.1. The molecule has 1 aliphatic carbocycles. The fraction of sp³-hybridized carbons (Fsp3) is 0.909. The second-order valence-corrected chi connectivity index (χ2v) is 8.69. The Kier molecular flexibility index (Phi) is 9.24. The lowest BCUT2D eigenvalue weighted by atomic mass is 9.73. The van der Waals surface area contributed by atoms with Crippen molar-refractivity contribution in [1.29, 1.82) is 0 Å². The van der Waals surface area contributed by atoms with Crippen LogP contribution in [0.4, 0.5) is 0 Å². The zero-order valence-electron chi connectivity index (χ0n) is 18.1. The summed E-state index contributed by atoms with van der Waals surface area (Å²) in [5.74, 6) is 1.59. The van der Waals surface area contributed by atoms with Crippen LogP contribution in [0.3, 0.4) is 0 Å². The topological polar surface area (TPSA) is 43.9 Å². The smallest absolute Gasteiger partial charge is 0.222 e. The average molecular weight is 380 g/mol. The SMILES string of the molecule is CCCN(C)CCN(CC)C(=O)C[C@H]1C[C@@H]2CC(=O)CC[C@H]2N(CCC)C1. The number of hydrogen-bond donors (Lipinski definition) is 0. The van der Waals surface area contributed by atoms with Gasteiger partial charge in [-0.25, -0.2) is 0 Å². The van der Waals surface area contributed by atoms with Crippen LogP contribution >= 0.6 is 0 Å². The third kappa shape index (κ3) is 6.56. The molecule has 2 rings (SSSR count). The molecule has 0 radical (unpaired) electrons. The standard InChI is InChI=1S/C22H41N3O2/c1-5-10-23(4)12-13-24(7-3)22(27)15-18-14-19-16-20(26)8-9-21(19)25(17-18)11-6-2/h18-19,21H,5-17H2,1-4H3/t18-,19-,21-/m1/s1. The third-order valence-corrected chi connectivity index (χ3v) is 6.42. The molecule has 1 saturated heterocycles. The Balaban J connectivity index is 1.91. The van der Waals surface area contributed by atoms with Gasteiger partial charge < -0.3 is 9.80 Å². The highest BCUT2D eigenvalue weighted by atomic mass is 16.2. The lowest BCUT2D eigenvalue weighted by molar-refractivity contribution is -0.133. The molecule has 1 aliphatic heterocycles. The van der Waals surface area contributed by atoms with Crippen molar-refractivity contribution in [2.45, 2.75) is 71.8 Å². The Morgan fingerprint density at radius 2 is 1.93 bits per heavy atom. The number of likely N-dealkylation sites (tertiary alicyclic amines) is 1. The number of Topliss-reactive ketones (excluding diaryl/α,β-unsaturated/α-hetero) is 1. The Bertz CT molecular complexity index is 482. The third-order valence-electron chi connectivity index (χ3n) is 6.42. The second-order valence-electron chi connectivity index (χ2n) is 8.69. The molecule has 0 bridgehead atoms. The number of fused-ring (bicyclic) bond motifs is 1. The van der Waals surface area contributed by atoms with Crippen molar-refractivity contribution < 1.29 is 9.59 Å². The van der Waals surface area contributed by atoms with Crippen LogP contribution in [0.2, 0.25) is 0 Å². The summed E-state index contributed by atoms with van der Waals surface area (Å²) in [6.07, 6.45) is 6.48. The van der Waals surface area contributed by atoms with Crippen LogP contribution < -0.4 is 0 Å². The van der Waals surface area contributed by atoms with E-state index in [1.807, 2.05) is 4.90 Å². The molecule has 5 heteroatoms. The first-order valence-electron chi connectivity index (χ1n) is 11.2. The van der Waals surface area contributed by atoms with Gasteiger partial charge in [-0.2, -0.15) is 0 Å². The summed E-state index contributed by atoms with van der Waals surface area (Å²) in [6, 6.07) is 0.568. The van der Waals surface area contributed by atoms with Gasteiger partial charge in [-0.3, -0.25) is 14.5 Å². The fourth-order valence-electron chi connectivity index (χ4n) is 5.08. The van der Waals surface area contributed by atoms with E-state index in [1.165, 1.54) is 0 Å². The molecule has 1 saturated carbocycles. The van der Waals surface area contributed by atoms with Gasteiger partial charge in [0.2, 0.25) is 5.91 Å². The van der Waals surface area contributed by atoms with E-state index in [0.717, 1.165) is 77.8 Å². The van der Waals surface area contributed by atoms with Gasteiger partial charge in [0.1, 0.15) is 5.78 Å². The van der Waals surface area contributed by atoms with Crippen molar-refractivity contribution in [2.24, 2.45) is 11.8 Å². The number of rotatable bonds is 10. The minimum Gasteiger partial charge on any atom is -0.342 e. The van der Waals surface area contributed by atoms with Crippen molar-refractivity contribution in [3.63, 3.8) is 0 Å². The first kappa shape index (κ1) is 22.4. The Morgan fingerprint density at radius 1 is 1.15 bits per heavy atom. The predicted molar refractivity (Wildman–Crippen MR) is 111 cm³/mol. The van der Waals surface area contributed by atoms with Gasteiger partial charge in [-0.1, -0.05) is 13.8 Å². The first-order valence-corrected chi connectivity index (χ1v) is 11.2. The number of likely N-dealkylation sites (N-methyl/N-ethyl adjacent to an activating group) is 2. The maximum Gasteiger partial charge on any atom is 0.222 e. The minimum absolute atomic E-state index is 0.296. The molecular formula is C22H41N3O2. The molecule has 0 aromatic carbocycles. The highest BCUT2D eigenvalue weighted by Crippen LogP contribution is 2.37. The molecular weight excluding hydrogens is 338 g/mol. The van der Waals surface area contributed by atoms with E-state index in [9.17, 15) is 9.59 Å². The maximum absolute atomic E-state index is 12.9. The van der Waals surface area contributed by atoms with Gasteiger partial charge >= 0.3 is 0 Å². The first-order chi connectivity index (χ1) is 13.0. The van der Waals surface area contributed by atoms with Crippen molar-refractivity contribution >= 4 is 11.7 Å². The molecule has 0 aromatic rings. The molecule has 1 heterocycles. The maximum atomic E-state index is 12.9. The summed E-state index contributed by atoms with van der Waals surface area (Å²) in [7, 11) is 2.13. The summed E-state index contributed by atoms with van der Waals surface area (Å²) in [5.41, 5.74) is 0. The molecule has 0 spiro atoms.